The molecule has 16 heavy (non-hydrogen) atoms. The highest BCUT2D eigenvalue weighted by molar-refractivity contribution is 5.53. The van der Waals surface area contributed by atoms with Crippen molar-refractivity contribution in [2.75, 3.05) is 0 Å². The fourth-order valence-electron chi connectivity index (χ4n) is 2.42. The molecular formula is C13H15FO2. The molecule has 1 aromatic rings. The van der Waals surface area contributed by atoms with Crippen LogP contribution in [0.25, 0.3) is 0 Å². The summed E-state index contributed by atoms with van der Waals surface area (Å²) in [5.74, 6) is 0.181. The van der Waals surface area contributed by atoms with Crippen LogP contribution in [0.3, 0.4) is 0 Å². The number of phenols is 1. The van der Waals surface area contributed by atoms with Gasteiger partial charge >= 0.3 is 0 Å². The Bertz CT molecular complexity index is 382. The molecule has 0 aromatic heterocycles. The van der Waals surface area contributed by atoms with Gasteiger partial charge in [0.1, 0.15) is 17.9 Å². The summed E-state index contributed by atoms with van der Waals surface area (Å²) in [6.45, 7) is 0. The Kier molecular flexibility index (Phi) is 3.22. The van der Waals surface area contributed by atoms with Crippen molar-refractivity contribution in [3.8, 4) is 5.75 Å². The van der Waals surface area contributed by atoms with Crippen LogP contribution in [0, 0.1) is 11.7 Å². The van der Waals surface area contributed by atoms with Crippen molar-refractivity contribution in [3.63, 3.8) is 0 Å². The summed E-state index contributed by atoms with van der Waals surface area (Å²) in [6.07, 6.45) is 4.37. The van der Waals surface area contributed by atoms with E-state index >= 15 is 0 Å². The molecule has 0 heterocycles. The first kappa shape index (κ1) is 11.1. The summed E-state index contributed by atoms with van der Waals surface area (Å²) in [5, 5.41) is 9.67. The van der Waals surface area contributed by atoms with Crippen LogP contribution in [0.15, 0.2) is 18.2 Å². The molecule has 1 saturated carbocycles. The molecule has 1 aromatic carbocycles. The summed E-state index contributed by atoms with van der Waals surface area (Å²) in [7, 11) is 0. The van der Waals surface area contributed by atoms with Gasteiger partial charge in [-0.2, -0.15) is 0 Å². The normalized spacial score (nSPS) is 25.3. The second kappa shape index (κ2) is 4.64. The topological polar surface area (TPSA) is 37.3 Å². The summed E-state index contributed by atoms with van der Waals surface area (Å²) >= 11 is 0. The molecule has 2 nitrogen and oxygen atoms in total. The van der Waals surface area contributed by atoms with Crippen molar-refractivity contribution in [1.82, 2.24) is 0 Å². The molecule has 0 spiro atoms. The number of benzene rings is 1. The lowest BCUT2D eigenvalue weighted by atomic mass is 9.79. The third-order valence-corrected chi connectivity index (χ3v) is 3.39. The van der Waals surface area contributed by atoms with Gasteiger partial charge in [0.2, 0.25) is 0 Å². The molecular weight excluding hydrogens is 207 g/mol. The number of halogens is 1. The zero-order chi connectivity index (χ0) is 11.5. The van der Waals surface area contributed by atoms with E-state index in [-0.39, 0.29) is 23.4 Å². The minimum atomic E-state index is -0.315. The standard InChI is InChI=1S/C13H15FO2/c14-11-5-6-13(16)12(7-11)10-3-1-9(8-15)2-4-10/h5-10,16H,1-4H2. The van der Waals surface area contributed by atoms with Gasteiger partial charge < -0.3 is 9.90 Å². The highest BCUT2D eigenvalue weighted by Crippen LogP contribution is 2.38. The average Bonchev–Trinajstić information content (AvgIpc) is 2.32. The summed E-state index contributed by atoms with van der Waals surface area (Å²) in [5.41, 5.74) is 0.685. The van der Waals surface area contributed by atoms with Crippen molar-refractivity contribution < 1.29 is 14.3 Å². The lowest BCUT2D eigenvalue weighted by molar-refractivity contribution is -0.111. The quantitative estimate of drug-likeness (QED) is 0.781. The van der Waals surface area contributed by atoms with E-state index in [1.807, 2.05) is 0 Å². The van der Waals surface area contributed by atoms with Gasteiger partial charge in [-0.1, -0.05) is 0 Å². The summed E-state index contributed by atoms with van der Waals surface area (Å²) in [6, 6.07) is 4.06. The molecule has 0 unspecified atom stereocenters. The third kappa shape index (κ3) is 2.23. The van der Waals surface area contributed by atoms with Crippen LogP contribution >= 0.6 is 0 Å². The van der Waals surface area contributed by atoms with Crippen LogP contribution in [0.2, 0.25) is 0 Å². The van der Waals surface area contributed by atoms with E-state index in [1.54, 1.807) is 0 Å². The van der Waals surface area contributed by atoms with Crippen LogP contribution in [0.5, 0.6) is 5.75 Å². The Morgan fingerprint density at radius 1 is 1.25 bits per heavy atom. The van der Waals surface area contributed by atoms with Crippen molar-refractivity contribution in [3.05, 3.63) is 29.6 Å². The predicted molar refractivity (Wildman–Crippen MR) is 58.8 cm³/mol. The van der Waals surface area contributed by atoms with Gasteiger partial charge in [0, 0.05) is 5.92 Å². The van der Waals surface area contributed by atoms with Crippen LogP contribution in [-0.4, -0.2) is 11.4 Å². The second-order valence-corrected chi connectivity index (χ2v) is 4.45. The molecule has 0 aliphatic heterocycles. The minimum absolute atomic E-state index is 0.145. The zero-order valence-electron chi connectivity index (χ0n) is 9.03. The van der Waals surface area contributed by atoms with Crippen molar-refractivity contribution in [2.45, 2.75) is 31.6 Å². The van der Waals surface area contributed by atoms with E-state index in [9.17, 15) is 14.3 Å². The van der Waals surface area contributed by atoms with E-state index in [1.165, 1.54) is 18.2 Å². The van der Waals surface area contributed by atoms with Crippen LogP contribution in [0.1, 0.15) is 37.2 Å². The van der Waals surface area contributed by atoms with Gasteiger partial charge in [0.05, 0.1) is 0 Å². The molecule has 1 aliphatic rings. The lowest BCUT2D eigenvalue weighted by Gasteiger charge is -2.26. The SMILES string of the molecule is O=CC1CCC(c2cc(F)ccc2O)CC1. The first-order valence-electron chi connectivity index (χ1n) is 5.64. The summed E-state index contributed by atoms with van der Waals surface area (Å²) < 4.78 is 13.1. The molecule has 0 saturated heterocycles. The van der Waals surface area contributed by atoms with E-state index < -0.39 is 0 Å². The predicted octanol–water partition coefficient (Wildman–Crippen LogP) is 3.00. The van der Waals surface area contributed by atoms with Crippen LogP contribution in [0.4, 0.5) is 4.39 Å². The number of phenolic OH excluding ortho intramolecular Hbond substituents is 1. The number of aldehydes is 1. The zero-order valence-corrected chi connectivity index (χ0v) is 9.03. The smallest absolute Gasteiger partial charge is 0.123 e. The van der Waals surface area contributed by atoms with E-state index in [2.05, 4.69) is 0 Å². The first-order valence-corrected chi connectivity index (χ1v) is 5.64. The lowest BCUT2D eigenvalue weighted by Crippen LogP contribution is -2.14. The van der Waals surface area contributed by atoms with Gasteiger partial charge in [-0.05, 0) is 55.4 Å². The minimum Gasteiger partial charge on any atom is -0.508 e. The summed E-state index contributed by atoms with van der Waals surface area (Å²) in [4.78, 5) is 10.6. The number of carbonyl (C=O) groups is 1. The molecule has 1 fully saturated rings. The largest absolute Gasteiger partial charge is 0.508 e. The van der Waals surface area contributed by atoms with E-state index in [4.69, 9.17) is 0 Å². The third-order valence-electron chi connectivity index (χ3n) is 3.39. The average molecular weight is 222 g/mol. The fourth-order valence-corrected chi connectivity index (χ4v) is 2.42. The van der Waals surface area contributed by atoms with Gasteiger partial charge in [-0.3, -0.25) is 0 Å². The van der Waals surface area contributed by atoms with Gasteiger partial charge in [-0.25, -0.2) is 4.39 Å². The molecule has 0 atom stereocenters. The Balaban J connectivity index is 2.13. The van der Waals surface area contributed by atoms with E-state index in [0.717, 1.165) is 32.0 Å². The van der Waals surface area contributed by atoms with Gasteiger partial charge in [-0.15, -0.1) is 0 Å². The molecule has 0 bridgehead atoms. The van der Waals surface area contributed by atoms with Gasteiger partial charge in [0.25, 0.3) is 0 Å². The second-order valence-electron chi connectivity index (χ2n) is 4.45. The number of aromatic hydroxyl groups is 1. The highest BCUT2D eigenvalue weighted by Gasteiger charge is 2.24. The fraction of sp³-hybridized carbons (Fsp3) is 0.462. The Morgan fingerprint density at radius 3 is 2.56 bits per heavy atom. The van der Waals surface area contributed by atoms with E-state index in [0.29, 0.717) is 5.56 Å². The number of carbonyl (C=O) groups excluding carboxylic acids is 1. The van der Waals surface area contributed by atoms with Crippen LogP contribution in [-0.2, 0) is 4.79 Å². The molecule has 1 aliphatic carbocycles. The maximum absolute atomic E-state index is 13.1. The maximum Gasteiger partial charge on any atom is 0.123 e. The van der Waals surface area contributed by atoms with Crippen LogP contribution < -0.4 is 0 Å². The number of hydrogen-bond acceptors (Lipinski definition) is 2. The number of rotatable bonds is 2. The highest BCUT2D eigenvalue weighted by atomic mass is 19.1. The number of hydrogen-bond donors (Lipinski definition) is 1. The molecule has 3 heteroatoms. The Hall–Kier alpha value is -1.38. The van der Waals surface area contributed by atoms with Gasteiger partial charge in [0.15, 0.2) is 0 Å². The Morgan fingerprint density at radius 2 is 1.94 bits per heavy atom. The molecule has 86 valence electrons. The Labute approximate surface area is 94.1 Å². The van der Waals surface area contributed by atoms with Crippen molar-refractivity contribution in [1.29, 1.82) is 0 Å². The maximum atomic E-state index is 13.1. The molecule has 0 radical (unpaired) electrons. The molecule has 1 N–H and O–H groups in total. The van der Waals surface area contributed by atoms with Crippen molar-refractivity contribution >= 4 is 6.29 Å². The monoisotopic (exact) mass is 222 g/mol. The van der Waals surface area contributed by atoms with Crippen molar-refractivity contribution in [2.24, 2.45) is 5.92 Å². The molecule has 2 rings (SSSR count). The molecule has 0 amide bonds. The first-order chi connectivity index (χ1) is 7.70.